The molecule has 0 saturated heterocycles. The monoisotopic (exact) mass is 269 g/mol. The molecule has 0 aliphatic carbocycles. The highest BCUT2D eigenvalue weighted by atomic mass is 19.1. The highest BCUT2D eigenvalue weighted by molar-refractivity contribution is 5.30. The molecule has 0 spiro atoms. The van der Waals surface area contributed by atoms with Crippen molar-refractivity contribution >= 4 is 0 Å². The topological polar surface area (TPSA) is 41.5 Å². The Bertz CT molecular complexity index is 402. The maximum Gasteiger partial charge on any atom is 0.131 e. The van der Waals surface area contributed by atoms with Crippen molar-refractivity contribution < 1.29 is 14.2 Å². The van der Waals surface area contributed by atoms with Gasteiger partial charge in [0.05, 0.1) is 12.2 Å². The summed E-state index contributed by atoms with van der Waals surface area (Å²) in [6.45, 7) is 8.52. The van der Waals surface area contributed by atoms with E-state index in [1.165, 1.54) is 6.07 Å². The van der Waals surface area contributed by atoms with Gasteiger partial charge in [-0.15, -0.1) is 0 Å². The molecule has 4 heteroatoms. The van der Waals surface area contributed by atoms with E-state index in [1.54, 1.807) is 26.0 Å². The third-order valence-corrected chi connectivity index (χ3v) is 2.93. The number of ether oxygens (including phenoxy) is 1. The van der Waals surface area contributed by atoms with Crippen molar-refractivity contribution in [2.45, 2.75) is 45.8 Å². The van der Waals surface area contributed by atoms with Crippen molar-refractivity contribution in [3.05, 3.63) is 29.6 Å². The molecule has 108 valence electrons. The van der Waals surface area contributed by atoms with Crippen LogP contribution >= 0.6 is 0 Å². The normalized spacial score (nSPS) is 13.4. The Hall–Kier alpha value is -1.13. The zero-order valence-electron chi connectivity index (χ0n) is 12.2. The summed E-state index contributed by atoms with van der Waals surface area (Å²) in [4.78, 5) is 0. The average Bonchev–Trinajstić information content (AvgIpc) is 2.27. The van der Waals surface area contributed by atoms with Crippen LogP contribution in [0.2, 0.25) is 0 Å². The summed E-state index contributed by atoms with van der Waals surface area (Å²) in [7, 11) is 0. The first-order chi connectivity index (χ1) is 8.83. The number of hydrogen-bond donors (Lipinski definition) is 2. The fourth-order valence-electron chi connectivity index (χ4n) is 1.78. The van der Waals surface area contributed by atoms with Crippen molar-refractivity contribution in [3.8, 4) is 5.75 Å². The van der Waals surface area contributed by atoms with E-state index in [0.29, 0.717) is 24.3 Å². The molecule has 0 bridgehead atoms. The second kappa shape index (κ2) is 6.87. The molecule has 0 aliphatic rings. The molecule has 19 heavy (non-hydrogen) atoms. The second-order valence-electron chi connectivity index (χ2n) is 5.37. The summed E-state index contributed by atoms with van der Waals surface area (Å²) in [5, 5.41) is 12.7. The average molecular weight is 269 g/mol. The van der Waals surface area contributed by atoms with Crippen LogP contribution < -0.4 is 10.1 Å². The molecule has 0 heterocycles. The zero-order valence-corrected chi connectivity index (χ0v) is 12.2. The fraction of sp³-hybridized carbons (Fsp3) is 0.600. The number of hydrogen-bond acceptors (Lipinski definition) is 3. The third-order valence-electron chi connectivity index (χ3n) is 2.93. The minimum atomic E-state index is -0.766. The smallest absolute Gasteiger partial charge is 0.131 e. The summed E-state index contributed by atoms with van der Waals surface area (Å²) in [5.41, 5.74) is -0.130. The second-order valence-corrected chi connectivity index (χ2v) is 5.37. The molecule has 1 atom stereocenters. The molecule has 1 aromatic carbocycles. The fourth-order valence-corrected chi connectivity index (χ4v) is 1.78. The predicted octanol–water partition coefficient (Wildman–Crippen LogP) is 3.04. The van der Waals surface area contributed by atoms with Crippen LogP contribution in [-0.4, -0.2) is 23.9 Å². The van der Waals surface area contributed by atoms with Gasteiger partial charge in [0.2, 0.25) is 0 Å². The van der Waals surface area contributed by atoms with Crippen molar-refractivity contribution in [2.24, 2.45) is 0 Å². The molecule has 1 aromatic rings. The summed E-state index contributed by atoms with van der Waals surface area (Å²) < 4.78 is 19.4. The number of nitrogens with one attached hydrogen (secondary N) is 1. The molecule has 3 nitrogen and oxygen atoms in total. The van der Waals surface area contributed by atoms with Crippen LogP contribution in [0.1, 0.15) is 45.7 Å². The van der Waals surface area contributed by atoms with E-state index in [0.717, 1.165) is 6.54 Å². The first-order valence-electron chi connectivity index (χ1n) is 6.71. The van der Waals surface area contributed by atoms with Crippen LogP contribution in [0.15, 0.2) is 18.2 Å². The van der Waals surface area contributed by atoms with Gasteiger partial charge in [0.1, 0.15) is 11.6 Å². The lowest BCUT2D eigenvalue weighted by molar-refractivity contribution is 0.0553. The van der Waals surface area contributed by atoms with E-state index in [9.17, 15) is 9.50 Å². The maximum atomic E-state index is 13.9. The van der Waals surface area contributed by atoms with Gasteiger partial charge < -0.3 is 15.2 Å². The van der Waals surface area contributed by atoms with E-state index < -0.39 is 5.60 Å². The Balaban J connectivity index is 2.61. The van der Waals surface area contributed by atoms with Crippen LogP contribution in [0.5, 0.6) is 5.75 Å². The Morgan fingerprint density at radius 3 is 2.63 bits per heavy atom. The Morgan fingerprint density at radius 1 is 1.42 bits per heavy atom. The highest BCUT2D eigenvalue weighted by Gasteiger charge is 2.13. The molecule has 0 amide bonds. The van der Waals surface area contributed by atoms with E-state index in [2.05, 4.69) is 5.32 Å². The molecule has 1 rings (SSSR count). The lowest BCUT2D eigenvalue weighted by Gasteiger charge is -2.18. The molecule has 0 radical (unpaired) electrons. The van der Waals surface area contributed by atoms with Crippen molar-refractivity contribution in [2.75, 3.05) is 13.2 Å². The number of benzene rings is 1. The van der Waals surface area contributed by atoms with Gasteiger partial charge in [-0.1, -0.05) is 13.0 Å². The molecule has 0 aliphatic heterocycles. The zero-order chi connectivity index (χ0) is 14.5. The lowest BCUT2D eigenvalue weighted by Crippen LogP contribution is -2.22. The van der Waals surface area contributed by atoms with Gasteiger partial charge >= 0.3 is 0 Å². The van der Waals surface area contributed by atoms with Crippen LogP contribution in [0, 0.1) is 5.82 Å². The van der Waals surface area contributed by atoms with Gasteiger partial charge in [0, 0.05) is 24.1 Å². The van der Waals surface area contributed by atoms with Crippen LogP contribution in [0.25, 0.3) is 0 Å². The minimum absolute atomic E-state index is 0.0181. The van der Waals surface area contributed by atoms with E-state index in [-0.39, 0.29) is 11.9 Å². The molecular weight excluding hydrogens is 245 g/mol. The van der Waals surface area contributed by atoms with Crippen LogP contribution in [-0.2, 0) is 0 Å². The first kappa shape index (κ1) is 15.9. The van der Waals surface area contributed by atoms with Gasteiger partial charge in [-0.05, 0) is 33.4 Å². The van der Waals surface area contributed by atoms with Gasteiger partial charge in [0.25, 0.3) is 0 Å². The molecule has 0 aromatic heterocycles. The molecule has 1 unspecified atom stereocenters. The Kier molecular flexibility index (Phi) is 5.76. The van der Waals surface area contributed by atoms with Gasteiger partial charge in [0.15, 0.2) is 0 Å². The Morgan fingerprint density at radius 2 is 2.11 bits per heavy atom. The SMILES string of the molecule is CCNC(C)c1ccc(OCCC(C)(C)O)cc1F. The summed E-state index contributed by atoms with van der Waals surface area (Å²) in [6, 6.07) is 4.88. The summed E-state index contributed by atoms with van der Waals surface area (Å²) >= 11 is 0. The van der Waals surface area contributed by atoms with Gasteiger partial charge in [-0.2, -0.15) is 0 Å². The number of aliphatic hydroxyl groups is 1. The molecule has 0 fully saturated rings. The molecule has 2 N–H and O–H groups in total. The largest absolute Gasteiger partial charge is 0.493 e. The van der Waals surface area contributed by atoms with E-state index >= 15 is 0 Å². The molecular formula is C15H24FNO2. The predicted molar refractivity (Wildman–Crippen MR) is 74.9 cm³/mol. The van der Waals surface area contributed by atoms with Gasteiger partial charge in [-0.3, -0.25) is 0 Å². The first-order valence-corrected chi connectivity index (χ1v) is 6.71. The Labute approximate surface area is 114 Å². The van der Waals surface area contributed by atoms with Gasteiger partial charge in [-0.25, -0.2) is 4.39 Å². The van der Waals surface area contributed by atoms with E-state index in [1.807, 2.05) is 13.8 Å². The third kappa shape index (κ3) is 5.57. The highest BCUT2D eigenvalue weighted by Crippen LogP contribution is 2.22. The van der Waals surface area contributed by atoms with E-state index in [4.69, 9.17) is 4.74 Å². The van der Waals surface area contributed by atoms with Crippen molar-refractivity contribution in [1.29, 1.82) is 0 Å². The lowest BCUT2D eigenvalue weighted by atomic mass is 10.1. The number of rotatable bonds is 7. The maximum absolute atomic E-state index is 13.9. The van der Waals surface area contributed by atoms with Crippen LogP contribution in [0.4, 0.5) is 4.39 Å². The quantitative estimate of drug-likeness (QED) is 0.799. The van der Waals surface area contributed by atoms with Crippen LogP contribution in [0.3, 0.4) is 0 Å². The molecule has 0 saturated carbocycles. The summed E-state index contributed by atoms with van der Waals surface area (Å²) in [6.07, 6.45) is 0.504. The van der Waals surface area contributed by atoms with Crippen molar-refractivity contribution in [3.63, 3.8) is 0 Å². The summed E-state index contributed by atoms with van der Waals surface area (Å²) in [5.74, 6) is 0.225. The van der Waals surface area contributed by atoms with Crippen molar-refractivity contribution in [1.82, 2.24) is 5.32 Å². The minimum Gasteiger partial charge on any atom is -0.493 e. The number of halogens is 1. The standard InChI is InChI=1S/C15H24FNO2/c1-5-17-11(2)13-7-6-12(10-14(13)16)19-9-8-15(3,4)18/h6-7,10-11,17-18H,5,8-9H2,1-4H3.